The largest absolute Gasteiger partial charge is 0.497 e. The van der Waals surface area contributed by atoms with Crippen molar-refractivity contribution < 1.29 is 9.53 Å². The van der Waals surface area contributed by atoms with Gasteiger partial charge in [0.25, 0.3) is 0 Å². The van der Waals surface area contributed by atoms with Gasteiger partial charge in [0.05, 0.1) is 7.11 Å². The fourth-order valence-corrected chi connectivity index (χ4v) is 2.75. The van der Waals surface area contributed by atoms with E-state index in [4.69, 9.17) is 17.0 Å². The van der Waals surface area contributed by atoms with Gasteiger partial charge in [0, 0.05) is 12.5 Å². The first kappa shape index (κ1) is 16.5. The Morgan fingerprint density at radius 2 is 1.91 bits per heavy atom. The second-order valence-electron chi connectivity index (χ2n) is 5.48. The molecule has 1 aliphatic rings. The Morgan fingerprint density at radius 1 is 1.23 bits per heavy atom. The molecule has 0 radical (unpaired) electrons. The van der Waals surface area contributed by atoms with Crippen molar-refractivity contribution in [3.8, 4) is 5.75 Å². The predicted molar refractivity (Wildman–Crippen MR) is 90.6 cm³/mol. The third-order valence-corrected chi connectivity index (χ3v) is 4.03. The van der Waals surface area contributed by atoms with Gasteiger partial charge >= 0.3 is 0 Å². The van der Waals surface area contributed by atoms with Gasteiger partial charge in [-0.05, 0) is 49.2 Å². The molecule has 0 aliphatic heterocycles. The average molecular weight is 321 g/mol. The number of methoxy groups -OCH3 is 1. The van der Waals surface area contributed by atoms with Gasteiger partial charge < -0.3 is 10.1 Å². The summed E-state index contributed by atoms with van der Waals surface area (Å²) < 4.78 is 5.10. The quantitative estimate of drug-likeness (QED) is 0.572. The Balaban J connectivity index is 1.63. The number of thiocarbonyl (C=S) groups is 1. The highest BCUT2D eigenvalue weighted by molar-refractivity contribution is 7.80. The number of aryl methyl sites for hydroxylation is 1. The van der Waals surface area contributed by atoms with Crippen LogP contribution in [0.3, 0.4) is 0 Å². The van der Waals surface area contributed by atoms with E-state index < -0.39 is 0 Å². The van der Waals surface area contributed by atoms with E-state index in [1.807, 2.05) is 24.3 Å². The molecule has 0 bridgehead atoms. The summed E-state index contributed by atoms with van der Waals surface area (Å²) in [5.41, 5.74) is 6.50. The number of hydrazine groups is 1. The topological polar surface area (TPSA) is 62.4 Å². The van der Waals surface area contributed by atoms with Crippen LogP contribution >= 0.6 is 12.2 Å². The summed E-state index contributed by atoms with van der Waals surface area (Å²) in [6.45, 7) is 0. The molecule has 120 valence electrons. The minimum atomic E-state index is -0.0774. The van der Waals surface area contributed by atoms with Crippen molar-refractivity contribution in [1.29, 1.82) is 0 Å². The highest BCUT2D eigenvalue weighted by Crippen LogP contribution is 2.17. The van der Waals surface area contributed by atoms with Crippen molar-refractivity contribution in [3.05, 3.63) is 29.8 Å². The predicted octanol–water partition coefficient (Wildman–Crippen LogP) is 2.07. The molecule has 6 heteroatoms. The van der Waals surface area contributed by atoms with Crippen molar-refractivity contribution in [2.24, 2.45) is 0 Å². The van der Waals surface area contributed by atoms with Crippen LogP contribution in [0.15, 0.2) is 24.3 Å². The van der Waals surface area contributed by atoms with Gasteiger partial charge in [0.1, 0.15) is 5.75 Å². The summed E-state index contributed by atoms with van der Waals surface area (Å²) in [6, 6.07) is 8.16. The first-order valence-electron chi connectivity index (χ1n) is 7.65. The van der Waals surface area contributed by atoms with E-state index in [9.17, 15) is 4.79 Å². The molecule has 0 heterocycles. The van der Waals surface area contributed by atoms with Gasteiger partial charge in [-0.2, -0.15) is 0 Å². The van der Waals surface area contributed by atoms with E-state index in [0.29, 0.717) is 24.0 Å². The van der Waals surface area contributed by atoms with Gasteiger partial charge in [0.2, 0.25) is 5.91 Å². The summed E-state index contributed by atoms with van der Waals surface area (Å²) in [6.07, 6.45) is 5.87. The second kappa shape index (κ2) is 8.58. The molecule has 1 aromatic rings. The Morgan fingerprint density at radius 3 is 2.55 bits per heavy atom. The van der Waals surface area contributed by atoms with E-state index in [1.54, 1.807) is 7.11 Å². The molecular weight excluding hydrogens is 298 g/mol. The van der Waals surface area contributed by atoms with Crippen LogP contribution in [0, 0.1) is 0 Å². The number of hydrogen-bond donors (Lipinski definition) is 3. The lowest BCUT2D eigenvalue weighted by molar-refractivity contribution is -0.121. The minimum Gasteiger partial charge on any atom is -0.497 e. The summed E-state index contributed by atoms with van der Waals surface area (Å²) in [7, 11) is 1.64. The molecule has 0 saturated heterocycles. The molecule has 22 heavy (non-hydrogen) atoms. The summed E-state index contributed by atoms with van der Waals surface area (Å²) in [5.74, 6) is 0.740. The summed E-state index contributed by atoms with van der Waals surface area (Å²) in [5, 5.41) is 3.70. The van der Waals surface area contributed by atoms with E-state index in [0.717, 1.165) is 24.2 Å². The van der Waals surface area contributed by atoms with Gasteiger partial charge in [-0.3, -0.25) is 15.6 Å². The SMILES string of the molecule is COc1ccc(CCC(=O)NNC(=S)NC2CCCC2)cc1. The highest BCUT2D eigenvalue weighted by Gasteiger charge is 2.15. The Hall–Kier alpha value is -1.82. The minimum absolute atomic E-state index is 0.0774. The van der Waals surface area contributed by atoms with Gasteiger partial charge in [0.15, 0.2) is 5.11 Å². The maximum absolute atomic E-state index is 11.8. The molecule has 1 saturated carbocycles. The van der Waals surface area contributed by atoms with Crippen LogP contribution in [-0.2, 0) is 11.2 Å². The zero-order chi connectivity index (χ0) is 15.8. The van der Waals surface area contributed by atoms with Crippen molar-refractivity contribution in [1.82, 2.24) is 16.2 Å². The second-order valence-corrected chi connectivity index (χ2v) is 5.88. The van der Waals surface area contributed by atoms with Crippen LogP contribution in [0.5, 0.6) is 5.75 Å². The van der Waals surface area contributed by atoms with E-state index in [-0.39, 0.29) is 5.91 Å². The molecular formula is C16H23N3O2S. The first-order valence-corrected chi connectivity index (χ1v) is 8.06. The Kier molecular flexibility index (Phi) is 6.45. The molecule has 1 fully saturated rings. The molecule has 0 unspecified atom stereocenters. The monoisotopic (exact) mass is 321 g/mol. The highest BCUT2D eigenvalue weighted by atomic mass is 32.1. The number of amides is 1. The van der Waals surface area contributed by atoms with Crippen LogP contribution in [0.2, 0.25) is 0 Å². The number of hydrogen-bond acceptors (Lipinski definition) is 3. The van der Waals surface area contributed by atoms with E-state index in [1.165, 1.54) is 12.8 Å². The average Bonchev–Trinajstić information content (AvgIpc) is 3.04. The van der Waals surface area contributed by atoms with Crippen molar-refractivity contribution in [2.45, 2.75) is 44.6 Å². The van der Waals surface area contributed by atoms with Crippen LogP contribution in [0.1, 0.15) is 37.7 Å². The number of rotatable bonds is 5. The lowest BCUT2D eigenvalue weighted by Gasteiger charge is -2.16. The van der Waals surface area contributed by atoms with Gasteiger partial charge in [-0.25, -0.2) is 0 Å². The Bertz CT molecular complexity index is 499. The van der Waals surface area contributed by atoms with Crippen LogP contribution in [0.25, 0.3) is 0 Å². The fourth-order valence-electron chi connectivity index (χ4n) is 2.53. The fraction of sp³-hybridized carbons (Fsp3) is 0.500. The third-order valence-electron chi connectivity index (χ3n) is 3.81. The van der Waals surface area contributed by atoms with Gasteiger partial charge in [-0.15, -0.1) is 0 Å². The number of ether oxygens (including phenoxy) is 1. The molecule has 0 atom stereocenters. The summed E-state index contributed by atoms with van der Waals surface area (Å²) in [4.78, 5) is 11.8. The Labute approximate surface area is 136 Å². The van der Waals surface area contributed by atoms with Crippen LogP contribution in [-0.4, -0.2) is 24.2 Å². The lowest BCUT2D eigenvalue weighted by Crippen LogP contribution is -2.49. The van der Waals surface area contributed by atoms with Crippen LogP contribution in [0.4, 0.5) is 0 Å². The summed E-state index contributed by atoms with van der Waals surface area (Å²) >= 11 is 5.16. The number of carbonyl (C=O) groups is 1. The number of benzene rings is 1. The first-order chi connectivity index (χ1) is 10.7. The zero-order valence-corrected chi connectivity index (χ0v) is 13.7. The van der Waals surface area contributed by atoms with Crippen molar-refractivity contribution >= 4 is 23.2 Å². The number of carbonyl (C=O) groups excluding carboxylic acids is 1. The molecule has 5 nitrogen and oxygen atoms in total. The molecule has 0 aromatic heterocycles. The molecule has 0 spiro atoms. The van der Waals surface area contributed by atoms with Gasteiger partial charge in [-0.1, -0.05) is 25.0 Å². The molecule has 3 N–H and O–H groups in total. The number of nitrogens with one attached hydrogen (secondary N) is 3. The zero-order valence-electron chi connectivity index (χ0n) is 12.9. The van der Waals surface area contributed by atoms with E-state index in [2.05, 4.69) is 16.2 Å². The maximum Gasteiger partial charge on any atom is 0.238 e. The molecule has 2 rings (SSSR count). The molecule has 1 aromatic carbocycles. The normalized spacial score (nSPS) is 14.4. The standard InChI is InChI=1S/C16H23N3O2S/c1-21-14-9-6-12(7-10-14)8-11-15(20)18-19-16(22)17-13-4-2-3-5-13/h6-7,9-10,13H,2-5,8,11H2,1H3,(H,18,20)(H2,17,19,22). The van der Waals surface area contributed by atoms with Crippen molar-refractivity contribution in [3.63, 3.8) is 0 Å². The smallest absolute Gasteiger partial charge is 0.238 e. The molecule has 1 amide bonds. The van der Waals surface area contributed by atoms with Crippen LogP contribution < -0.4 is 20.9 Å². The lowest BCUT2D eigenvalue weighted by atomic mass is 10.1. The molecule has 1 aliphatic carbocycles. The van der Waals surface area contributed by atoms with Crippen molar-refractivity contribution in [2.75, 3.05) is 7.11 Å². The van der Waals surface area contributed by atoms with E-state index >= 15 is 0 Å². The third kappa shape index (κ3) is 5.52. The maximum atomic E-state index is 11.8.